The van der Waals surface area contributed by atoms with Gasteiger partial charge in [0.2, 0.25) is 0 Å². The lowest BCUT2D eigenvalue weighted by Gasteiger charge is -2.15. The van der Waals surface area contributed by atoms with Crippen LogP contribution in [-0.2, 0) is 22.6 Å². The average Bonchev–Trinajstić information content (AvgIpc) is 3.04. The van der Waals surface area contributed by atoms with Crippen molar-refractivity contribution < 1.29 is 41.0 Å². The van der Waals surface area contributed by atoms with Crippen molar-refractivity contribution in [1.82, 2.24) is 3.97 Å². The number of hydrogen-bond acceptors (Lipinski definition) is 5. The van der Waals surface area contributed by atoms with Gasteiger partial charge in [0.25, 0.3) is 10.0 Å². The monoisotopic (exact) mass is 531 g/mol. The van der Waals surface area contributed by atoms with E-state index in [1.54, 1.807) is 0 Å². The van der Waals surface area contributed by atoms with Crippen LogP contribution in [0.2, 0.25) is 0 Å². The van der Waals surface area contributed by atoms with E-state index >= 15 is 0 Å². The summed E-state index contributed by atoms with van der Waals surface area (Å²) < 4.78 is 80.1. The molecule has 1 N–H and O–H groups in total. The molecule has 1 aliphatic heterocycles. The second kappa shape index (κ2) is 9.15. The predicted molar refractivity (Wildman–Crippen MR) is 128 cm³/mol. The Morgan fingerprint density at radius 2 is 1.62 bits per heavy atom. The molecule has 0 spiro atoms. The highest BCUT2D eigenvalue weighted by molar-refractivity contribution is 7.90. The average molecular weight is 532 g/mol. The number of carbonyl (C=O) groups is 1. The summed E-state index contributed by atoms with van der Waals surface area (Å²) >= 11 is 0. The van der Waals surface area contributed by atoms with E-state index < -0.39 is 27.7 Å². The number of nitrogens with zero attached hydrogens (tertiary/aromatic N) is 1. The molecule has 5 rings (SSSR count). The number of aromatic nitrogens is 1. The molecule has 7 nitrogen and oxygen atoms in total. The molecule has 0 saturated carbocycles. The zero-order chi connectivity index (χ0) is 26.4. The smallest absolute Gasteiger partial charge is 0.416 e. The highest BCUT2D eigenvalue weighted by Gasteiger charge is 2.32. The van der Waals surface area contributed by atoms with Crippen molar-refractivity contribution in [3.05, 3.63) is 89.1 Å². The Labute approximate surface area is 209 Å². The number of rotatable bonds is 5. The maximum Gasteiger partial charge on any atom is 0.416 e. The van der Waals surface area contributed by atoms with Crippen molar-refractivity contribution in [2.24, 2.45) is 0 Å². The lowest BCUT2D eigenvalue weighted by Crippen LogP contribution is -2.16. The van der Waals surface area contributed by atoms with Gasteiger partial charge in [-0.3, -0.25) is 0 Å². The van der Waals surface area contributed by atoms with Crippen molar-refractivity contribution in [1.29, 1.82) is 0 Å². The summed E-state index contributed by atoms with van der Waals surface area (Å²) in [6, 6.07) is 14.3. The molecule has 3 aromatic carbocycles. The molecule has 0 aliphatic carbocycles. The van der Waals surface area contributed by atoms with E-state index in [2.05, 4.69) is 0 Å². The number of hydrogen-bond donors (Lipinski definition) is 1. The van der Waals surface area contributed by atoms with Crippen molar-refractivity contribution in [2.45, 2.75) is 23.9 Å². The molecule has 192 valence electrons. The van der Waals surface area contributed by atoms with Crippen molar-refractivity contribution >= 4 is 26.9 Å². The second-order valence-corrected chi connectivity index (χ2v) is 10.3. The Kier molecular flexibility index (Phi) is 6.10. The van der Waals surface area contributed by atoms with Crippen LogP contribution in [0.3, 0.4) is 0 Å². The third-order valence-corrected chi connectivity index (χ3v) is 7.76. The van der Waals surface area contributed by atoms with E-state index in [4.69, 9.17) is 14.6 Å². The van der Waals surface area contributed by atoms with Crippen LogP contribution in [0.1, 0.15) is 33.6 Å². The number of fused-ring (bicyclic) bond motifs is 2. The van der Waals surface area contributed by atoms with Gasteiger partial charge in [0.15, 0.2) is 11.5 Å². The lowest BCUT2D eigenvalue weighted by atomic mass is 10.1. The molecule has 0 fully saturated rings. The molecule has 1 aliphatic rings. The van der Waals surface area contributed by atoms with Crippen molar-refractivity contribution in [3.8, 4) is 11.5 Å². The summed E-state index contributed by atoms with van der Waals surface area (Å²) in [6.45, 7) is 0.772. The largest absolute Gasteiger partial charge is 0.490 e. The molecular weight excluding hydrogens is 511 g/mol. The first kappa shape index (κ1) is 24.7. The molecule has 0 unspecified atom stereocenters. The van der Waals surface area contributed by atoms with Crippen LogP contribution < -0.4 is 9.47 Å². The quantitative estimate of drug-likeness (QED) is 0.373. The molecule has 11 heteroatoms. The maximum atomic E-state index is 13.9. The van der Waals surface area contributed by atoms with Crippen LogP contribution in [0.4, 0.5) is 13.2 Å². The number of aromatic carboxylic acids is 1. The van der Waals surface area contributed by atoms with Crippen LogP contribution in [-0.4, -0.2) is 36.7 Å². The minimum atomic E-state index is -4.60. The fraction of sp³-hybridized carbons (Fsp3) is 0.192. The Bertz CT molecular complexity index is 1610. The summed E-state index contributed by atoms with van der Waals surface area (Å²) in [5.74, 6) is -0.445. The van der Waals surface area contributed by atoms with Gasteiger partial charge in [0.1, 0.15) is 0 Å². The summed E-state index contributed by atoms with van der Waals surface area (Å²) in [5, 5.41) is 9.24. The standard InChI is InChI=1S/C26H20F3NO6S/c27-26(28,29)19-6-8-22-18(13-19)14-20(12-16-2-4-17(5-3-16)25(31)32)30(22)37(33,34)21-7-9-23-24(15-21)36-11-1-10-35-23/h2-9,13-15H,1,10-12H2,(H,31,32). The number of carboxylic acids is 1. The van der Waals surface area contributed by atoms with E-state index in [1.807, 2.05) is 0 Å². The van der Waals surface area contributed by atoms with E-state index in [9.17, 15) is 26.4 Å². The van der Waals surface area contributed by atoms with Gasteiger partial charge < -0.3 is 14.6 Å². The SMILES string of the molecule is O=C(O)c1ccc(Cc2cc3cc(C(F)(F)F)ccc3n2S(=O)(=O)c2ccc3c(c2)OCCCO3)cc1. The second-order valence-electron chi connectivity index (χ2n) is 8.51. The zero-order valence-corrected chi connectivity index (χ0v) is 20.0. The molecule has 4 aromatic rings. The molecule has 0 saturated heterocycles. The Hall–Kier alpha value is -3.99. The maximum absolute atomic E-state index is 13.9. The number of ether oxygens (including phenoxy) is 2. The third kappa shape index (κ3) is 4.74. The molecule has 2 heterocycles. The van der Waals surface area contributed by atoms with Gasteiger partial charge in [0, 0.05) is 30.0 Å². The van der Waals surface area contributed by atoms with Gasteiger partial charge >= 0.3 is 12.1 Å². The first-order chi connectivity index (χ1) is 17.5. The lowest BCUT2D eigenvalue weighted by molar-refractivity contribution is -0.137. The highest BCUT2D eigenvalue weighted by Crippen LogP contribution is 2.36. The molecule has 37 heavy (non-hydrogen) atoms. The number of carboxylic acid groups (broad SMARTS) is 1. The van der Waals surface area contributed by atoms with E-state index in [0.717, 1.165) is 22.2 Å². The zero-order valence-electron chi connectivity index (χ0n) is 19.2. The minimum absolute atomic E-state index is 0.0275. The molecule has 0 bridgehead atoms. The summed E-state index contributed by atoms with van der Waals surface area (Å²) in [7, 11) is -4.28. The Morgan fingerprint density at radius 3 is 2.30 bits per heavy atom. The topological polar surface area (TPSA) is 94.8 Å². The number of benzene rings is 3. The summed E-state index contributed by atoms with van der Waals surface area (Å²) in [5.41, 5.74) is 0.0298. The fourth-order valence-electron chi connectivity index (χ4n) is 4.21. The molecule has 1 aromatic heterocycles. The number of alkyl halides is 3. The van der Waals surface area contributed by atoms with Crippen LogP contribution in [0.15, 0.2) is 71.6 Å². The van der Waals surface area contributed by atoms with Crippen LogP contribution in [0.5, 0.6) is 11.5 Å². The van der Waals surface area contributed by atoms with Crippen molar-refractivity contribution in [3.63, 3.8) is 0 Å². The molecular formula is C26H20F3NO6S. The third-order valence-electron chi connectivity index (χ3n) is 6.00. The first-order valence-electron chi connectivity index (χ1n) is 11.2. The predicted octanol–water partition coefficient (Wildman–Crippen LogP) is 5.35. The van der Waals surface area contributed by atoms with Crippen LogP contribution >= 0.6 is 0 Å². The minimum Gasteiger partial charge on any atom is -0.490 e. The van der Waals surface area contributed by atoms with E-state index in [1.165, 1.54) is 48.5 Å². The van der Waals surface area contributed by atoms with Gasteiger partial charge in [-0.1, -0.05) is 12.1 Å². The Morgan fingerprint density at radius 1 is 0.919 bits per heavy atom. The van der Waals surface area contributed by atoms with Gasteiger partial charge in [-0.05, 0) is 54.1 Å². The van der Waals surface area contributed by atoms with Gasteiger partial charge in [0.05, 0.1) is 34.8 Å². The van der Waals surface area contributed by atoms with Crippen LogP contribution in [0, 0.1) is 0 Å². The molecule has 0 atom stereocenters. The summed E-state index contributed by atoms with van der Waals surface area (Å²) in [4.78, 5) is 11.1. The normalized spacial score (nSPS) is 13.9. The van der Waals surface area contributed by atoms with Gasteiger partial charge in [-0.25, -0.2) is 17.2 Å². The highest BCUT2D eigenvalue weighted by atomic mass is 32.2. The first-order valence-corrected chi connectivity index (χ1v) is 12.7. The van der Waals surface area contributed by atoms with Crippen LogP contribution in [0.25, 0.3) is 10.9 Å². The van der Waals surface area contributed by atoms with Gasteiger partial charge in [-0.2, -0.15) is 13.2 Å². The summed E-state index contributed by atoms with van der Waals surface area (Å²) in [6.07, 6.45) is -3.94. The molecule has 0 amide bonds. The fourth-order valence-corrected chi connectivity index (χ4v) is 5.77. The Balaban J connectivity index is 1.66. The molecule has 0 radical (unpaired) electrons. The van der Waals surface area contributed by atoms with Crippen molar-refractivity contribution in [2.75, 3.05) is 13.2 Å². The van der Waals surface area contributed by atoms with Gasteiger partial charge in [-0.15, -0.1) is 0 Å². The van der Waals surface area contributed by atoms with E-state index in [0.29, 0.717) is 30.9 Å². The van der Waals surface area contributed by atoms with E-state index in [-0.39, 0.29) is 39.2 Å². The number of halogens is 3.